The Morgan fingerprint density at radius 2 is 2.00 bits per heavy atom. The first kappa shape index (κ1) is 14.2. The highest BCUT2D eigenvalue weighted by Crippen LogP contribution is 2.22. The molecule has 0 saturated carbocycles. The maximum Gasteiger partial charge on any atom is 0.255 e. The molecule has 1 aromatic rings. The van der Waals surface area contributed by atoms with Crippen LogP contribution in [-0.4, -0.2) is 37.4 Å². The fraction of sp³-hybridized carbons (Fsp3) is 0.273. The van der Waals surface area contributed by atoms with Crippen molar-refractivity contribution >= 4 is 43.7 Å². The van der Waals surface area contributed by atoms with Crippen LogP contribution in [0.2, 0.25) is 0 Å². The van der Waals surface area contributed by atoms with Crippen LogP contribution in [0.25, 0.3) is 0 Å². The zero-order chi connectivity index (χ0) is 13.0. The fourth-order valence-electron chi connectivity index (χ4n) is 1.23. The van der Waals surface area contributed by atoms with Gasteiger partial charge in [0, 0.05) is 23.0 Å². The number of nitrogens with zero attached hydrogens (tertiary/aromatic N) is 1. The van der Waals surface area contributed by atoms with Crippen molar-refractivity contribution in [1.29, 1.82) is 0 Å². The van der Waals surface area contributed by atoms with Crippen LogP contribution in [0.4, 0.5) is 0 Å². The zero-order valence-electron chi connectivity index (χ0n) is 9.46. The Hall–Kier alpha value is -0.880. The predicted molar refractivity (Wildman–Crippen MR) is 72.9 cm³/mol. The van der Waals surface area contributed by atoms with Gasteiger partial charge in [0.15, 0.2) is 0 Å². The normalized spacial score (nSPS) is 9.88. The lowest BCUT2D eigenvalue weighted by atomic mass is 10.2. The summed E-state index contributed by atoms with van der Waals surface area (Å²) in [6, 6.07) is 5.28. The van der Waals surface area contributed by atoms with E-state index in [1.54, 1.807) is 25.2 Å². The lowest BCUT2D eigenvalue weighted by Crippen LogP contribution is -2.37. The smallest absolute Gasteiger partial charge is 0.255 e. The topological polar surface area (TPSA) is 49.4 Å². The van der Waals surface area contributed by atoms with Crippen LogP contribution < -0.4 is 5.32 Å². The second kappa shape index (κ2) is 6.16. The fourth-order valence-corrected chi connectivity index (χ4v) is 2.45. The van der Waals surface area contributed by atoms with Crippen molar-refractivity contribution < 1.29 is 9.59 Å². The largest absolute Gasteiger partial charge is 0.358 e. The van der Waals surface area contributed by atoms with E-state index in [0.29, 0.717) is 10.0 Å². The number of likely N-dealkylation sites (N-methyl/N-ethyl adjacent to an activating group) is 2. The first-order chi connectivity index (χ1) is 7.95. The Bertz CT molecular complexity index is 449. The summed E-state index contributed by atoms with van der Waals surface area (Å²) in [6.45, 7) is 0.0395. The Morgan fingerprint density at radius 1 is 1.35 bits per heavy atom. The molecule has 0 unspecified atom stereocenters. The van der Waals surface area contributed by atoms with Crippen molar-refractivity contribution in [2.45, 2.75) is 0 Å². The second-order valence-corrected chi connectivity index (χ2v) is 5.23. The van der Waals surface area contributed by atoms with E-state index in [4.69, 9.17) is 0 Å². The number of halogens is 2. The molecule has 0 bridgehead atoms. The van der Waals surface area contributed by atoms with Crippen molar-refractivity contribution in [3.8, 4) is 0 Å². The predicted octanol–water partition coefficient (Wildman–Crippen LogP) is 2.03. The standard InChI is InChI=1S/C11H12Br2N2O2/c1-14-10(16)6-15(2)11(17)8-4-3-7(12)5-9(8)13/h3-5H,6H2,1-2H3,(H,14,16). The molecule has 0 spiro atoms. The number of amides is 2. The zero-order valence-corrected chi connectivity index (χ0v) is 12.6. The van der Waals surface area contributed by atoms with E-state index in [-0.39, 0.29) is 18.4 Å². The number of carbonyl (C=O) groups is 2. The number of rotatable bonds is 3. The summed E-state index contributed by atoms with van der Waals surface area (Å²) in [6.07, 6.45) is 0. The molecule has 2 amide bonds. The molecule has 0 aromatic heterocycles. The van der Waals surface area contributed by atoms with Gasteiger partial charge in [0.05, 0.1) is 12.1 Å². The second-order valence-electron chi connectivity index (χ2n) is 3.46. The summed E-state index contributed by atoms with van der Waals surface area (Å²) >= 11 is 6.64. The third-order valence-corrected chi connectivity index (χ3v) is 3.32. The van der Waals surface area contributed by atoms with Crippen molar-refractivity contribution in [3.63, 3.8) is 0 Å². The molecule has 17 heavy (non-hydrogen) atoms. The van der Waals surface area contributed by atoms with E-state index in [9.17, 15) is 9.59 Å². The molecule has 1 N–H and O–H groups in total. The highest BCUT2D eigenvalue weighted by atomic mass is 79.9. The van der Waals surface area contributed by atoms with Crippen molar-refractivity contribution in [2.24, 2.45) is 0 Å². The molecule has 0 fully saturated rings. The minimum atomic E-state index is -0.201. The molecule has 0 heterocycles. The SMILES string of the molecule is CNC(=O)CN(C)C(=O)c1ccc(Br)cc1Br. The van der Waals surface area contributed by atoms with Crippen LogP contribution in [-0.2, 0) is 4.79 Å². The Balaban J connectivity index is 2.85. The summed E-state index contributed by atoms with van der Waals surface area (Å²) in [7, 11) is 3.13. The number of hydrogen-bond acceptors (Lipinski definition) is 2. The Morgan fingerprint density at radius 3 is 2.53 bits per heavy atom. The molecule has 0 atom stereocenters. The average Bonchev–Trinajstić information content (AvgIpc) is 2.28. The highest BCUT2D eigenvalue weighted by Gasteiger charge is 2.16. The number of carbonyl (C=O) groups excluding carboxylic acids is 2. The highest BCUT2D eigenvalue weighted by molar-refractivity contribution is 9.11. The molecular formula is C11H12Br2N2O2. The summed E-state index contributed by atoms with van der Waals surface area (Å²) in [5, 5.41) is 2.47. The van der Waals surface area contributed by atoms with Gasteiger partial charge in [-0.1, -0.05) is 15.9 Å². The van der Waals surface area contributed by atoms with Gasteiger partial charge in [0.25, 0.3) is 5.91 Å². The number of hydrogen-bond donors (Lipinski definition) is 1. The van der Waals surface area contributed by atoms with Crippen LogP contribution in [0.5, 0.6) is 0 Å². The maximum atomic E-state index is 12.0. The van der Waals surface area contributed by atoms with Crippen molar-refractivity contribution in [1.82, 2.24) is 10.2 Å². The molecule has 92 valence electrons. The molecule has 1 aromatic carbocycles. The average molecular weight is 364 g/mol. The van der Waals surface area contributed by atoms with Gasteiger partial charge in [-0.05, 0) is 34.1 Å². The molecule has 4 nitrogen and oxygen atoms in total. The summed E-state index contributed by atoms with van der Waals surface area (Å²) in [5.41, 5.74) is 0.527. The summed E-state index contributed by atoms with van der Waals surface area (Å²) < 4.78 is 1.58. The van der Waals surface area contributed by atoms with Gasteiger partial charge in [-0.3, -0.25) is 9.59 Å². The third-order valence-electron chi connectivity index (χ3n) is 2.17. The first-order valence-electron chi connectivity index (χ1n) is 4.86. The van der Waals surface area contributed by atoms with E-state index >= 15 is 0 Å². The number of nitrogens with one attached hydrogen (secondary N) is 1. The van der Waals surface area contributed by atoms with Crippen LogP contribution in [0.15, 0.2) is 27.1 Å². The molecule has 0 aliphatic carbocycles. The molecule has 0 aliphatic rings. The Labute approximate surface area is 117 Å². The molecule has 1 rings (SSSR count). The minimum absolute atomic E-state index is 0.0395. The molecule has 6 heteroatoms. The Kier molecular flexibility index (Phi) is 5.14. The van der Waals surface area contributed by atoms with Gasteiger partial charge >= 0.3 is 0 Å². The number of benzene rings is 1. The van der Waals surface area contributed by atoms with E-state index in [1.807, 2.05) is 0 Å². The van der Waals surface area contributed by atoms with E-state index in [2.05, 4.69) is 37.2 Å². The van der Waals surface area contributed by atoms with Crippen molar-refractivity contribution in [2.75, 3.05) is 20.6 Å². The minimum Gasteiger partial charge on any atom is -0.358 e. The molecule has 0 saturated heterocycles. The lowest BCUT2D eigenvalue weighted by Gasteiger charge is -2.17. The monoisotopic (exact) mass is 362 g/mol. The molecule has 0 aliphatic heterocycles. The van der Waals surface area contributed by atoms with Gasteiger partial charge < -0.3 is 10.2 Å². The van der Waals surface area contributed by atoms with Gasteiger partial charge in [0.2, 0.25) is 5.91 Å². The van der Waals surface area contributed by atoms with Crippen molar-refractivity contribution in [3.05, 3.63) is 32.7 Å². The van der Waals surface area contributed by atoms with E-state index in [1.165, 1.54) is 11.9 Å². The summed E-state index contributed by atoms with van der Waals surface area (Å²) in [4.78, 5) is 24.6. The van der Waals surface area contributed by atoms with Gasteiger partial charge in [-0.25, -0.2) is 0 Å². The van der Waals surface area contributed by atoms with Crippen LogP contribution in [0, 0.1) is 0 Å². The van der Waals surface area contributed by atoms with Crippen LogP contribution >= 0.6 is 31.9 Å². The third kappa shape index (κ3) is 3.81. The van der Waals surface area contributed by atoms with Gasteiger partial charge in [-0.15, -0.1) is 0 Å². The maximum absolute atomic E-state index is 12.0. The van der Waals surface area contributed by atoms with Gasteiger partial charge in [0.1, 0.15) is 0 Å². The molecule has 0 radical (unpaired) electrons. The van der Waals surface area contributed by atoms with Gasteiger partial charge in [-0.2, -0.15) is 0 Å². The quantitative estimate of drug-likeness (QED) is 0.893. The molecular weight excluding hydrogens is 352 g/mol. The first-order valence-corrected chi connectivity index (χ1v) is 6.45. The lowest BCUT2D eigenvalue weighted by molar-refractivity contribution is -0.121. The summed E-state index contributed by atoms with van der Waals surface area (Å²) in [5.74, 6) is -0.401. The van der Waals surface area contributed by atoms with Crippen LogP contribution in [0.3, 0.4) is 0 Å². The van der Waals surface area contributed by atoms with E-state index in [0.717, 1.165) is 4.47 Å². The van der Waals surface area contributed by atoms with Crippen LogP contribution in [0.1, 0.15) is 10.4 Å². The van der Waals surface area contributed by atoms with E-state index < -0.39 is 0 Å².